The van der Waals surface area contributed by atoms with Crippen LogP contribution in [0.2, 0.25) is 0 Å². The average molecular weight is 267 g/mol. The summed E-state index contributed by atoms with van der Waals surface area (Å²) in [5, 5.41) is 11.9. The summed E-state index contributed by atoms with van der Waals surface area (Å²) < 4.78 is 0. The Balaban J connectivity index is 2.01. The molecule has 1 fully saturated rings. The van der Waals surface area contributed by atoms with E-state index in [1.54, 1.807) is 0 Å². The molecular weight excluding hydrogens is 242 g/mol. The summed E-state index contributed by atoms with van der Waals surface area (Å²) in [5.41, 5.74) is 0.0971. The van der Waals surface area contributed by atoms with Crippen molar-refractivity contribution in [3.05, 3.63) is 22.4 Å². The van der Waals surface area contributed by atoms with Gasteiger partial charge in [0.15, 0.2) is 0 Å². The molecule has 1 N–H and O–H groups in total. The topological polar surface area (TPSA) is 23.5 Å². The third kappa shape index (κ3) is 3.34. The van der Waals surface area contributed by atoms with Gasteiger partial charge in [0.25, 0.3) is 0 Å². The predicted octanol–water partition coefficient (Wildman–Crippen LogP) is 3.51. The Kier molecular flexibility index (Phi) is 4.82. The highest BCUT2D eigenvalue weighted by Crippen LogP contribution is 2.35. The second kappa shape index (κ2) is 6.18. The molecule has 0 radical (unpaired) electrons. The maximum atomic E-state index is 9.73. The Morgan fingerprint density at radius 3 is 2.56 bits per heavy atom. The van der Waals surface area contributed by atoms with Crippen molar-refractivity contribution in [3.63, 3.8) is 0 Å². The Morgan fingerprint density at radius 1 is 1.39 bits per heavy atom. The van der Waals surface area contributed by atoms with Crippen LogP contribution >= 0.6 is 11.3 Å². The minimum Gasteiger partial charge on any atom is -0.396 e. The van der Waals surface area contributed by atoms with Gasteiger partial charge in [0.05, 0.1) is 0 Å². The van der Waals surface area contributed by atoms with E-state index in [2.05, 4.69) is 36.3 Å². The predicted molar refractivity (Wildman–Crippen MR) is 77.9 cm³/mol. The lowest BCUT2D eigenvalue weighted by Gasteiger charge is -2.36. The molecule has 18 heavy (non-hydrogen) atoms. The van der Waals surface area contributed by atoms with Crippen LogP contribution in [0.5, 0.6) is 0 Å². The molecule has 102 valence electrons. The fourth-order valence-corrected chi connectivity index (χ4v) is 3.26. The van der Waals surface area contributed by atoms with Gasteiger partial charge < -0.3 is 5.11 Å². The van der Waals surface area contributed by atoms with E-state index in [9.17, 15) is 5.11 Å². The number of rotatable bonds is 8. The van der Waals surface area contributed by atoms with Crippen LogP contribution in [0.1, 0.15) is 44.4 Å². The van der Waals surface area contributed by atoms with Crippen molar-refractivity contribution >= 4 is 11.3 Å². The van der Waals surface area contributed by atoms with Crippen LogP contribution in [-0.2, 0) is 6.54 Å². The highest BCUT2D eigenvalue weighted by atomic mass is 32.1. The fourth-order valence-electron chi connectivity index (χ4n) is 2.53. The van der Waals surface area contributed by atoms with E-state index in [0.29, 0.717) is 6.61 Å². The summed E-state index contributed by atoms with van der Waals surface area (Å²) in [6.45, 7) is 6.82. The van der Waals surface area contributed by atoms with Crippen LogP contribution in [0, 0.1) is 5.41 Å². The molecule has 2 rings (SSSR count). The third-order valence-electron chi connectivity index (χ3n) is 4.38. The molecule has 2 nitrogen and oxygen atoms in total. The van der Waals surface area contributed by atoms with Gasteiger partial charge in [0, 0.05) is 36.0 Å². The van der Waals surface area contributed by atoms with Gasteiger partial charge in [-0.1, -0.05) is 19.9 Å². The summed E-state index contributed by atoms with van der Waals surface area (Å²) in [4.78, 5) is 4.04. The van der Waals surface area contributed by atoms with E-state index in [1.807, 2.05) is 11.3 Å². The molecule has 1 aliphatic carbocycles. The lowest BCUT2D eigenvalue weighted by atomic mass is 9.82. The van der Waals surface area contributed by atoms with Crippen LogP contribution in [0.3, 0.4) is 0 Å². The van der Waals surface area contributed by atoms with Crippen molar-refractivity contribution in [3.8, 4) is 0 Å². The molecule has 1 heterocycles. The van der Waals surface area contributed by atoms with Crippen molar-refractivity contribution < 1.29 is 5.11 Å². The molecule has 1 aromatic rings. The van der Waals surface area contributed by atoms with Crippen molar-refractivity contribution in [1.82, 2.24) is 4.90 Å². The van der Waals surface area contributed by atoms with Crippen LogP contribution in [0.15, 0.2) is 17.5 Å². The van der Waals surface area contributed by atoms with Gasteiger partial charge in [0.2, 0.25) is 0 Å². The molecule has 0 spiro atoms. The fraction of sp³-hybridized carbons (Fsp3) is 0.733. The standard InChI is InChI=1S/C15H25NOS/c1-3-15(4-2,12-17)11-16(13-7-8-13)10-14-6-5-9-18-14/h5-6,9,13,17H,3-4,7-8,10-12H2,1-2H3. The highest BCUT2D eigenvalue weighted by Gasteiger charge is 2.35. The smallest absolute Gasteiger partial charge is 0.0499 e. The molecule has 0 bridgehead atoms. The Labute approximate surface area is 115 Å². The second-order valence-corrected chi connectivity index (χ2v) is 6.61. The summed E-state index contributed by atoms with van der Waals surface area (Å²) in [7, 11) is 0. The lowest BCUT2D eigenvalue weighted by molar-refractivity contribution is 0.0594. The summed E-state index contributed by atoms with van der Waals surface area (Å²) in [6, 6.07) is 5.11. The molecule has 3 heteroatoms. The van der Waals surface area contributed by atoms with Gasteiger partial charge in [-0.25, -0.2) is 0 Å². The largest absolute Gasteiger partial charge is 0.396 e. The summed E-state index contributed by atoms with van der Waals surface area (Å²) >= 11 is 1.84. The van der Waals surface area contributed by atoms with Gasteiger partial charge in [-0.05, 0) is 37.1 Å². The van der Waals surface area contributed by atoms with Crippen molar-refractivity contribution in [1.29, 1.82) is 0 Å². The van der Waals surface area contributed by atoms with Gasteiger partial charge in [-0.15, -0.1) is 11.3 Å². The number of hydrogen-bond donors (Lipinski definition) is 1. The SMILES string of the molecule is CCC(CC)(CO)CN(Cc1cccs1)C1CC1. The zero-order valence-electron chi connectivity index (χ0n) is 11.6. The van der Waals surface area contributed by atoms with Gasteiger partial charge in [-0.2, -0.15) is 0 Å². The second-order valence-electron chi connectivity index (χ2n) is 5.58. The van der Waals surface area contributed by atoms with Crippen LogP contribution in [0.25, 0.3) is 0 Å². The maximum absolute atomic E-state index is 9.73. The normalized spacial score (nSPS) is 16.4. The van der Waals surface area contributed by atoms with Gasteiger partial charge in [-0.3, -0.25) is 4.90 Å². The van der Waals surface area contributed by atoms with E-state index in [-0.39, 0.29) is 5.41 Å². The molecule has 0 aromatic carbocycles. The van der Waals surface area contributed by atoms with E-state index < -0.39 is 0 Å². The zero-order valence-corrected chi connectivity index (χ0v) is 12.4. The maximum Gasteiger partial charge on any atom is 0.0499 e. The first-order chi connectivity index (χ1) is 8.73. The minimum absolute atomic E-state index is 0.0971. The number of aliphatic hydroxyl groups excluding tert-OH is 1. The number of thiophene rings is 1. The zero-order chi connectivity index (χ0) is 13.0. The molecule has 0 amide bonds. The minimum atomic E-state index is 0.0971. The third-order valence-corrected chi connectivity index (χ3v) is 5.24. The number of hydrogen-bond acceptors (Lipinski definition) is 3. The first-order valence-corrected chi connectivity index (χ1v) is 7.98. The molecule has 0 atom stereocenters. The lowest BCUT2D eigenvalue weighted by Crippen LogP contribution is -2.40. The van der Waals surface area contributed by atoms with Crippen LogP contribution in [-0.4, -0.2) is 29.2 Å². The summed E-state index contributed by atoms with van der Waals surface area (Å²) in [5.74, 6) is 0. The van der Waals surface area contributed by atoms with Crippen LogP contribution in [0.4, 0.5) is 0 Å². The van der Waals surface area contributed by atoms with E-state index in [0.717, 1.165) is 32.0 Å². The molecular formula is C15H25NOS. The van der Waals surface area contributed by atoms with Crippen LogP contribution < -0.4 is 0 Å². The van der Waals surface area contributed by atoms with Crippen molar-refractivity contribution in [2.45, 2.75) is 52.1 Å². The Bertz CT molecular complexity index is 333. The highest BCUT2D eigenvalue weighted by molar-refractivity contribution is 7.09. The number of nitrogens with zero attached hydrogens (tertiary/aromatic N) is 1. The van der Waals surface area contributed by atoms with Crippen molar-refractivity contribution in [2.24, 2.45) is 5.41 Å². The molecule has 1 aromatic heterocycles. The molecule has 0 aliphatic heterocycles. The monoisotopic (exact) mass is 267 g/mol. The molecule has 0 saturated heterocycles. The molecule has 1 saturated carbocycles. The average Bonchev–Trinajstić information content (AvgIpc) is 3.13. The van der Waals surface area contributed by atoms with E-state index in [4.69, 9.17) is 0 Å². The quantitative estimate of drug-likeness (QED) is 0.779. The number of aliphatic hydroxyl groups is 1. The Hall–Kier alpha value is -0.380. The van der Waals surface area contributed by atoms with E-state index >= 15 is 0 Å². The Morgan fingerprint density at radius 2 is 2.11 bits per heavy atom. The van der Waals surface area contributed by atoms with E-state index in [1.165, 1.54) is 17.7 Å². The van der Waals surface area contributed by atoms with Gasteiger partial charge in [0.1, 0.15) is 0 Å². The molecule has 1 aliphatic rings. The van der Waals surface area contributed by atoms with Gasteiger partial charge >= 0.3 is 0 Å². The summed E-state index contributed by atoms with van der Waals surface area (Å²) in [6.07, 6.45) is 4.79. The first-order valence-electron chi connectivity index (χ1n) is 7.10. The van der Waals surface area contributed by atoms with Crippen molar-refractivity contribution in [2.75, 3.05) is 13.2 Å². The first kappa shape index (κ1) is 14.0. The molecule has 0 unspecified atom stereocenters.